The Bertz CT molecular complexity index is 1030. The van der Waals surface area contributed by atoms with Crippen LogP contribution in [0.2, 0.25) is 0 Å². The topological polar surface area (TPSA) is 73.6 Å². The molecule has 0 spiro atoms. The number of hydrogen-bond donors (Lipinski definition) is 2. The highest BCUT2D eigenvalue weighted by molar-refractivity contribution is 7.17. The molecule has 0 aromatic heterocycles. The van der Waals surface area contributed by atoms with Gasteiger partial charge in [0.2, 0.25) is 0 Å². The van der Waals surface area contributed by atoms with Crippen molar-refractivity contribution >= 4 is 8.69 Å². The maximum absolute atomic E-state index is 9.97. The van der Waals surface area contributed by atoms with E-state index in [1.54, 1.807) is 0 Å². The first-order valence-electron chi connectivity index (χ1n) is 11.9. The second-order valence-electron chi connectivity index (χ2n) is 8.27. The van der Waals surface area contributed by atoms with E-state index in [4.69, 9.17) is 10.5 Å². The maximum Gasteiger partial charge on any atom is 0.346 e. The zero-order valence-corrected chi connectivity index (χ0v) is 21.8. The Kier molecular flexibility index (Phi) is 14.4. The van der Waals surface area contributed by atoms with E-state index in [0.29, 0.717) is 0 Å². The Balaban J connectivity index is 0.000000192. The maximum atomic E-state index is 9.97. The third kappa shape index (κ3) is 13.5. The minimum Gasteiger partial charge on any atom is -0.457 e. The van der Waals surface area contributed by atoms with E-state index in [1.807, 2.05) is 123 Å². The van der Waals surface area contributed by atoms with E-state index in [0.717, 1.165) is 24.3 Å². The van der Waals surface area contributed by atoms with Gasteiger partial charge in [-0.2, -0.15) is 5.48 Å². The summed E-state index contributed by atoms with van der Waals surface area (Å²) in [4.78, 5) is 0. The minimum atomic E-state index is -0.335. The molecule has 36 heavy (non-hydrogen) atoms. The van der Waals surface area contributed by atoms with Gasteiger partial charge in [0.25, 0.3) is 0 Å². The van der Waals surface area contributed by atoms with Gasteiger partial charge < -0.3 is 10.5 Å². The molecule has 0 fully saturated rings. The highest BCUT2D eigenvalue weighted by Crippen LogP contribution is 2.19. The number of ether oxygens (including phenoxy) is 1. The summed E-state index contributed by atoms with van der Waals surface area (Å²) >= 11 is 0. The van der Waals surface area contributed by atoms with Gasteiger partial charge in [0.05, 0.1) is 0 Å². The van der Waals surface area contributed by atoms with Crippen LogP contribution in [-0.2, 0) is 22.0 Å². The van der Waals surface area contributed by atoms with Crippen LogP contribution in [0.5, 0.6) is 11.5 Å². The standard InChI is InChI=1S/C12H10O.C9H12NO2P.C9H13N/c1-3-7-11(8-4-1)13-12-9-5-2-6-10-12;1-8(10-12-13-11)7-9-5-3-2-4-6-9;1-8(10)7-9-5-3-2-4-6-9/h1-10H;2-6,8,10H,7H2,1H3;2-6,8H,7,10H2,1H3. The number of nitrogens with two attached hydrogens (primary N) is 1. The Morgan fingerprint density at radius 2 is 1.06 bits per heavy atom. The van der Waals surface area contributed by atoms with Gasteiger partial charge in [-0.1, -0.05) is 97.1 Å². The number of rotatable bonds is 9. The molecule has 0 saturated carbocycles. The van der Waals surface area contributed by atoms with Crippen molar-refractivity contribution in [3.63, 3.8) is 0 Å². The van der Waals surface area contributed by atoms with Gasteiger partial charge in [-0.25, -0.2) is 9.19 Å². The molecule has 0 amide bonds. The van der Waals surface area contributed by atoms with Crippen molar-refractivity contribution in [3.05, 3.63) is 132 Å². The first kappa shape index (κ1) is 28.9. The third-order valence-corrected chi connectivity index (χ3v) is 4.98. The van der Waals surface area contributed by atoms with Crippen molar-refractivity contribution < 1.29 is 13.9 Å². The predicted octanol–water partition coefficient (Wildman–Crippen LogP) is 7.40. The van der Waals surface area contributed by atoms with Gasteiger partial charge in [-0.15, -0.1) is 0 Å². The Hall–Kier alpha value is -3.34. The zero-order valence-electron chi connectivity index (χ0n) is 20.9. The molecule has 2 atom stereocenters. The average molecular weight is 503 g/mol. The number of hydrogen-bond acceptors (Lipinski definition) is 5. The van der Waals surface area contributed by atoms with E-state index in [2.05, 4.69) is 22.2 Å². The fraction of sp³-hybridized carbons (Fsp3) is 0.200. The molecule has 0 heterocycles. The number of hydroxylamine groups is 1. The van der Waals surface area contributed by atoms with Gasteiger partial charge in [0, 0.05) is 12.1 Å². The van der Waals surface area contributed by atoms with Gasteiger partial charge >= 0.3 is 8.69 Å². The second-order valence-corrected chi connectivity index (χ2v) is 8.60. The van der Waals surface area contributed by atoms with Gasteiger partial charge in [-0.05, 0) is 62.1 Å². The van der Waals surface area contributed by atoms with Crippen LogP contribution in [0.1, 0.15) is 25.0 Å². The molecule has 4 aromatic carbocycles. The fourth-order valence-electron chi connectivity index (χ4n) is 3.22. The molecule has 2 unspecified atom stereocenters. The molecule has 0 aliphatic rings. The normalized spacial score (nSPS) is 11.8. The van der Waals surface area contributed by atoms with Crippen LogP contribution in [-0.4, -0.2) is 12.1 Å². The quantitative estimate of drug-likeness (QED) is 0.184. The smallest absolute Gasteiger partial charge is 0.346 e. The molecule has 3 N–H and O–H groups in total. The second kappa shape index (κ2) is 18.0. The summed E-state index contributed by atoms with van der Waals surface area (Å²) in [5, 5.41) is 0. The minimum absolute atomic E-state index is 0.156. The molecular formula is C30H35N2O3P. The monoisotopic (exact) mass is 502 g/mol. The van der Waals surface area contributed by atoms with Crippen molar-refractivity contribution in [1.29, 1.82) is 0 Å². The summed E-state index contributed by atoms with van der Waals surface area (Å²) in [6, 6.07) is 40.3. The van der Waals surface area contributed by atoms with Gasteiger partial charge in [0.15, 0.2) is 0 Å². The lowest BCUT2D eigenvalue weighted by Crippen LogP contribution is -2.25. The molecular weight excluding hydrogens is 467 g/mol. The predicted molar refractivity (Wildman–Crippen MR) is 148 cm³/mol. The van der Waals surface area contributed by atoms with Crippen LogP contribution in [0.4, 0.5) is 0 Å². The van der Waals surface area contributed by atoms with Crippen LogP contribution in [0.3, 0.4) is 0 Å². The third-order valence-electron chi connectivity index (χ3n) is 4.80. The lowest BCUT2D eigenvalue weighted by atomic mass is 10.1. The van der Waals surface area contributed by atoms with E-state index >= 15 is 0 Å². The highest BCUT2D eigenvalue weighted by Gasteiger charge is 2.02. The lowest BCUT2D eigenvalue weighted by molar-refractivity contribution is 0.182. The van der Waals surface area contributed by atoms with Crippen LogP contribution < -0.4 is 16.0 Å². The lowest BCUT2D eigenvalue weighted by Gasteiger charge is -2.09. The number of benzene rings is 4. The molecule has 5 nitrogen and oxygen atoms in total. The van der Waals surface area contributed by atoms with Crippen molar-refractivity contribution in [3.8, 4) is 11.5 Å². The summed E-state index contributed by atoms with van der Waals surface area (Å²) in [5.41, 5.74) is 10.8. The summed E-state index contributed by atoms with van der Waals surface area (Å²) in [7, 11) is -0.335. The van der Waals surface area contributed by atoms with Crippen molar-refractivity contribution in [2.24, 2.45) is 5.73 Å². The summed E-state index contributed by atoms with van der Waals surface area (Å²) in [6.45, 7) is 3.99. The van der Waals surface area contributed by atoms with E-state index in [1.165, 1.54) is 11.1 Å². The van der Waals surface area contributed by atoms with Gasteiger partial charge in [0.1, 0.15) is 11.5 Å². The van der Waals surface area contributed by atoms with E-state index < -0.39 is 0 Å². The zero-order chi connectivity index (χ0) is 25.8. The van der Waals surface area contributed by atoms with Crippen LogP contribution in [0, 0.1) is 0 Å². The SMILES string of the molecule is CC(Cc1ccccc1)NOP=O.CC(N)Cc1ccccc1.c1ccc(Oc2ccccc2)cc1. The molecule has 6 heteroatoms. The average Bonchev–Trinajstić information content (AvgIpc) is 2.90. The van der Waals surface area contributed by atoms with Crippen molar-refractivity contribution in [2.45, 2.75) is 38.8 Å². The molecule has 4 aromatic rings. The Labute approximate surface area is 216 Å². The van der Waals surface area contributed by atoms with E-state index in [9.17, 15) is 4.57 Å². The largest absolute Gasteiger partial charge is 0.457 e. The Morgan fingerprint density at radius 1 is 0.667 bits per heavy atom. The number of para-hydroxylation sites is 2. The molecule has 0 bridgehead atoms. The Morgan fingerprint density at radius 3 is 1.44 bits per heavy atom. The van der Waals surface area contributed by atoms with Crippen molar-refractivity contribution in [1.82, 2.24) is 5.48 Å². The molecule has 0 aliphatic carbocycles. The first-order chi connectivity index (χ1) is 17.6. The molecule has 0 radical (unpaired) electrons. The van der Waals surface area contributed by atoms with Crippen LogP contribution >= 0.6 is 8.69 Å². The molecule has 0 saturated heterocycles. The summed E-state index contributed by atoms with van der Waals surface area (Å²) < 4.78 is 20.1. The van der Waals surface area contributed by atoms with Crippen LogP contribution in [0.15, 0.2) is 121 Å². The summed E-state index contributed by atoms with van der Waals surface area (Å²) in [5.74, 6) is 1.74. The van der Waals surface area contributed by atoms with Crippen LogP contribution in [0.25, 0.3) is 0 Å². The fourth-order valence-corrected chi connectivity index (χ4v) is 3.44. The summed E-state index contributed by atoms with van der Waals surface area (Å²) in [6.07, 6.45) is 1.83. The first-order valence-corrected chi connectivity index (χ1v) is 12.7. The van der Waals surface area contributed by atoms with Gasteiger partial charge in [-0.3, -0.25) is 0 Å². The molecule has 4 rings (SSSR count). The highest BCUT2D eigenvalue weighted by atomic mass is 31.1. The van der Waals surface area contributed by atoms with E-state index in [-0.39, 0.29) is 20.8 Å². The molecule has 188 valence electrons. The number of nitrogens with one attached hydrogen (secondary N) is 1. The molecule has 0 aliphatic heterocycles. The van der Waals surface area contributed by atoms with Crippen molar-refractivity contribution in [2.75, 3.05) is 0 Å².